The largest absolute Gasteiger partial charge is 0.326 e. The number of thioether (sulfide) groups is 1. The van der Waals surface area contributed by atoms with Gasteiger partial charge in [-0.05, 0) is 61.4 Å². The summed E-state index contributed by atoms with van der Waals surface area (Å²) in [4.78, 5) is 12.3. The molecule has 0 aromatic heterocycles. The minimum absolute atomic E-state index is 0.179. The van der Waals surface area contributed by atoms with E-state index in [0.29, 0.717) is 18.0 Å². The fourth-order valence-electron chi connectivity index (χ4n) is 2.15. The van der Waals surface area contributed by atoms with Gasteiger partial charge in [0.15, 0.2) is 0 Å². The van der Waals surface area contributed by atoms with Crippen LogP contribution in [0.15, 0.2) is 52.3 Å². The van der Waals surface area contributed by atoms with E-state index >= 15 is 0 Å². The van der Waals surface area contributed by atoms with E-state index in [9.17, 15) is 13.2 Å². The molecule has 0 bridgehead atoms. The fourth-order valence-corrected chi connectivity index (χ4v) is 4.18. The van der Waals surface area contributed by atoms with Crippen molar-refractivity contribution in [1.82, 2.24) is 4.72 Å². The van der Waals surface area contributed by atoms with Crippen molar-refractivity contribution in [2.45, 2.75) is 30.6 Å². The van der Waals surface area contributed by atoms with Gasteiger partial charge in [-0.15, -0.1) is 11.8 Å². The van der Waals surface area contributed by atoms with Gasteiger partial charge in [0.1, 0.15) is 0 Å². The summed E-state index contributed by atoms with van der Waals surface area (Å²) in [5, 5.41) is 2.60. The van der Waals surface area contributed by atoms with E-state index in [2.05, 4.69) is 36.0 Å². The van der Waals surface area contributed by atoms with Gasteiger partial charge in [-0.1, -0.05) is 6.07 Å². The molecule has 7 heteroatoms. The van der Waals surface area contributed by atoms with Crippen LogP contribution in [0.5, 0.6) is 0 Å². The number of carbonyl (C=O) groups excluding carboxylic acids is 1. The van der Waals surface area contributed by atoms with Crippen LogP contribution in [-0.2, 0) is 14.8 Å². The number of hydrogen-bond acceptors (Lipinski definition) is 4. The van der Waals surface area contributed by atoms with Gasteiger partial charge in [0.2, 0.25) is 15.9 Å². The standard InChI is InChI=1S/C18H22N2O3S2/c1-13-4-7-17(12-14(13)2)24-11-10-19-25(22,23)18-8-5-16(6-9-18)20-15(3)21/h4-9,12,19H,10-11H2,1-3H3,(H,20,21). The van der Waals surface area contributed by atoms with Gasteiger partial charge in [0.25, 0.3) is 0 Å². The van der Waals surface area contributed by atoms with Crippen LogP contribution < -0.4 is 10.0 Å². The van der Waals surface area contributed by atoms with Crippen LogP contribution in [0.25, 0.3) is 0 Å². The zero-order valence-corrected chi connectivity index (χ0v) is 16.1. The van der Waals surface area contributed by atoms with Crippen molar-refractivity contribution in [3.05, 3.63) is 53.6 Å². The predicted octanol–water partition coefficient (Wildman–Crippen LogP) is 3.33. The van der Waals surface area contributed by atoms with Gasteiger partial charge in [-0.3, -0.25) is 4.79 Å². The Kier molecular flexibility index (Phi) is 6.64. The molecule has 25 heavy (non-hydrogen) atoms. The molecule has 0 unspecified atom stereocenters. The Balaban J connectivity index is 1.88. The van der Waals surface area contributed by atoms with Gasteiger partial charge in [-0.25, -0.2) is 13.1 Å². The molecule has 0 atom stereocenters. The number of benzene rings is 2. The van der Waals surface area contributed by atoms with E-state index in [1.165, 1.54) is 30.2 Å². The molecular formula is C18H22N2O3S2. The summed E-state index contributed by atoms with van der Waals surface area (Å²) >= 11 is 1.61. The van der Waals surface area contributed by atoms with E-state index < -0.39 is 10.0 Å². The van der Waals surface area contributed by atoms with Crippen LogP contribution in [0.1, 0.15) is 18.1 Å². The van der Waals surface area contributed by atoms with E-state index in [1.807, 2.05) is 6.07 Å². The van der Waals surface area contributed by atoms with Gasteiger partial charge in [-0.2, -0.15) is 0 Å². The Hall–Kier alpha value is -1.83. The smallest absolute Gasteiger partial charge is 0.240 e. The van der Waals surface area contributed by atoms with E-state index in [-0.39, 0.29) is 10.8 Å². The lowest BCUT2D eigenvalue weighted by atomic mass is 10.1. The van der Waals surface area contributed by atoms with Gasteiger partial charge in [0, 0.05) is 29.8 Å². The second-order valence-electron chi connectivity index (χ2n) is 5.70. The maximum absolute atomic E-state index is 12.3. The Morgan fingerprint density at radius 3 is 2.32 bits per heavy atom. The number of hydrogen-bond donors (Lipinski definition) is 2. The van der Waals surface area contributed by atoms with Gasteiger partial charge >= 0.3 is 0 Å². The second-order valence-corrected chi connectivity index (χ2v) is 8.63. The summed E-state index contributed by atoms with van der Waals surface area (Å²) < 4.78 is 27.1. The van der Waals surface area contributed by atoms with Crippen molar-refractivity contribution in [2.24, 2.45) is 0 Å². The van der Waals surface area contributed by atoms with Crippen molar-refractivity contribution < 1.29 is 13.2 Å². The SMILES string of the molecule is CC(=O)Nc1ccc(S(=O)(=O)NCCSc2ccc(C)c(C)c2)cc1. The molecule has 0 aliphatic heterocycles. The van der Waals surface area contributed by atoms with Crippen LogP contribution in [0, 0.1) is 13.8 Å². The van der Waals surface area contributed by atoms with Crippen LogP contribution in [0.4, 0.5) is 5.69 Å². The number of amides is 1. The average Bonchev–Trinajstić information content (AvgIpc) is 2.55. The summed E-state index contributed by atoms with van der Waals surface area (Å²) in [7, 11) is -3.55. The van der Waals surface area contributed by atoms with Crippen LogP contribution in [0.3, 0.4) is 0 Å². The molecule has 0 radical (unpaired) electrons. The first-order chi connectivity index (χ1) is 11.8. The number of aryl methyl sites for hydroxylation is 2. The number of carbonyl (C=O) groups is 1. The molecule has 0 fully saturated rings. The van der Waals surface area contributed by atoms with Gasteiger partial charge in [0.05, 0.1) is 4.90 Å². The molecule has 0 saturated carbocycles. The molecule has 0 saturated heterocycles. The number of nitrogens with one attached hydrogen (secondary N) is 2. The maximum atomic E-state index is 12.3. The molecule has 0 heterocycles. The lowest BCUT2D eigenvalue weighted by Crippen LogP contribution is -2.26. The highest BCUT2D eigenvalue weighted by Crippen LogP contribution is 2.21. The highest BCUT2D eigenvalue weighted by atomic mass is 32.2. The molecule has 2 N–H and O–H groups in total. The molecule has 1 amide bonds. The third-order valence-electron chi connectivity index (χ3n) is 3.63. The lowest BCUT2D eigenvalue weighted by molar-refractivity contribution is -0.114. The van der Waals surface area contributed by atoms with Crippen molar-refractivity contribution >= 4 is 33.4 Å². The van der Waals surface area contributed by atoms with Crippen LogP contribution >= 0.6 is 11.8 Å². The van der Waals surface area contributed by atoms with Crippen molar-refractivity contribution in [3.63, 3.8) is 0 Å². The molecular weight excluding hydrogens is 356 g/mol. The fraction of sp³-hybridized carbons (Fsp3) is 0.278. The number of anilines is 1. The molecule has 2 aromatic carbocycles. The van der Waals surface area contributed by atoms with Crippen LogP contribution in [0.2, 0.25) is 0 Å². The van der Waals surface area contributed by atoms with E-state index in [0.717, 1.165) is 4.90 Å². The highest BCUT2D eigenvalue weighted by molar-refractivity contribution is 7.99. The summed E-state index contributed by atoms with van der Waals surface area (Å²) in [6.07, 6.45) is 0. The minimum atomic E-state index is -3.55. The summed E-state index contributed by atoms with van der Waals surface area (Å²) in [5.41, 5.74) is 3.04. The van der Waals surface area contributed by atoms with E-state index in [4.69, 9.17) is 0 Å². The lowest BCUT2D eigenvalue weighted by Gasteiger charge is -2.09. The van der Waals surface area contributed by atoms with Crippen molar-refractivity contribution in [1.29, 1.82) is 0 Å². The van der Waals surface area contributed by atoms with Crippen molar-refractivity contribution in [2.75, 3.05) is 17.6 Å². The monoisotopic (exact) mass is 378 g/mol. The first-order valence-corrected chi connectivity index (χ1v) is 10.3. The first kappa shape index (κ1) is 19.5. The first-order valence-electron chi connectivity index (χ1n) is 7.85. The maximum Gasteiger partial charge on any atom is 0.240 e. The zero-order chi connectivity index (χ0) is 18.4. The number of rotatable bonds is 7. The van der Waals surface area contributed by atoms with E-state index in [1.54, 1.807) is 23.9 Å². The molecule has 0 aliphatic rings. The zero-order valence-electron chi connectivity index (χ0n) is 14.5. The quantitative estimate of drug-likeness (QED) is 0.572. The Morgan fingerprint density at radius 2 is 1.72 bits per heavy atom. The van der Waals surface area contributed by atoms with Crippen LogP contribution in [-0.4, -0.2) is 26.6 Å². The average molecular weight is 379 g/mol. The Morgan fingerprint density at radius 1 is 1.04 bits per heavy atom. The molecule has 134 valence electrons. The normalized spacial score (nSPS) is 11.3. The number of sulfonamides is 1. The third-order valence-corrected chi connectivity index (χ3v) is 6.10. The summed E-state index contributed by atoms with van der Waals surface area (Å²) in [5.74, 6) is 0.447. The third kappa shape index (κ3) is 5.88. The van der Waals surface area contributed by atoms with Crippen molar-refractivity contribution in [3.8, 4) is 0 Å². The Labute approximate surface area is 153 Å². The predicted molar refractivity (Wildman–Crippen MR) is 103 cm³/mol. The summed E-state index contributed by atoms with van der Waals surface area (Å²) in [6, 6.07) is 12.3. The highest BCUT2D eigenvalue weighted by Gasteiger charge is 2.13. The molecule has 0 spiro atoms. The second kappa shape index (κ2) is 8.51. The molecule has 2 aromatic rings. The topological polar surface area (TPSA) is 75.3 Å². The minimum Gasteiger partial charge on any atom is -0.326 e. The molecule has 0 aliphatic carbocycles. The molecule has 5 nitrogen and oxygen atoms in total. The Bertz CT molecular complexity index is 847. The summed E-state index contributed by atoms with van der Waals surface area (Å²) in [6.45, 7) is 5.87. The van der Waals surface area contributed by atoms with Gasteiger partial charge < -0.3 is 5.32 Å². The molecule has 2 rings (SSSR count).